The minimum absolute atomic E-state index is 0.0338. The second-order valence-corrected chi connectivity index (χ2v) is 3.26. The van der Waals surface area contributed by atoms with Crippen molar-refractivity contribution in [3.8, 4) is 0 Å². The molecule has 0 unspecified atom stereocenters. The van der Waals surface area contributed by atoms with Crippen molar-refractivity contribution in [2.75, 3.05) is 13.2 Å². The van der Waals surface area contributed by atoms with Gasteiger partial charge < -0.3 is 9.47 Å². The first-order valence-electron chi connectivity index (χ1n) is 4.86. The van der Waals surface area contributed by atoms with Gasteiger partial charge in [-0.05, 0) is 18.2 Å². The zero-order chi connectivity index (χ0) is 11.4. The maximum absolute atomic E-state index is 11.6. The molecular weight excluding hydrogens is 208 g/mol. The van der Waals surface area contributed by atoms with Gasteiger partial charge in [-0.25, -0.2) is 4.79 Å². The first-order chi connectivity index (χ1) is 7.77. The molecule has 82 valence electrons. The van der Waals surface area contributed by atoms with Gasteiger partial charge in [-0.2, -0.15) is 0 Å². The van der Waals surface area contributed by atoms with Crippen LogP contribution in [0.4, 0.5) is 0 Å². The monoisotopic (exact) mass is 218 g/mol. The minimum atomic E-state index is -0.526. The number of Topliss-reactive ketones (excluding diaryl/α,β-unsaturated/α-hetero) is 1. The van der Waals surface area contributed by atoms with Gasteiger partial charge in [0.1, 0.15) is 6.61 Å². The molecule has 1 aromatic carbocycles. The average Bonchev–Trinajstić information content (AvgIpc) is 2.33. The van der Waals surface area contributed by atoms with E-state index in [2.05, 4.69) is 0 Å². The second kappa shape index (κ2) is 4.72. The van der Waals surface area contributed by atoms with E-state index in [0.717, 1.165) is 0 Å². The number of carbonyl (C=O) groups excluding carboxylic acids is 2. The minimum Gasteiger partial charge on any atom is -0.419 e. The highest BCUT2D eigenvalue weighted by molar-refractivity contribution is 5.99. The molecule has 0 fully saturated rings. The predicted octanol–water partition coefficient (Wildman–Crippen LogP) is 1.33. The van der Waals surface area contributed by atoms with Gasteiger partial charge in [-0.15, -0.1) is 0 Å². The average molecular weight is 218 g/mol. The molecule has 0 saturated carbocycles. The van der Waals surface area contributed by atoms with Crippen molar-refractivity contribution in [3.63, 3.8) is 0 Å². The van der Waals surface area contributed by atoms with Crippen LogP contribution in [0.1, 0.15) is 10.4 Å². The summed E-state index contributed by atoms with van der Waals surface area (Å²) in [4.78, 5) is 22.9. The molecule has 1 heterocycles. The lowest BCUT2D eigenvalue weighted by molar-refractivity contribution is -0.123. The van der Waals surface area contributed by atoms with Crippen LogP contribution in [0.15, 0.2) is 42.2 Å². The zero-order valence-corrected chi connectivity index (χ0v) is 8.51. The molecule has 0 atom stereocenters. The topological polar surface area (TPSA) is 52.6 Å². The molecule has 1 aliphatic rings. The summed E-state index contributed by atoms with van der Waals surface area (Å²) in [5.74, 6) is -0.766. The van der Waals surface area contributed by atoms with Gasteiger partial charge in [0.25, 0.3) is 0 Å². The van der Waals surface area contributed by atoms with E-state index in [9.17, 15) is 9.59 Å². The molecule has 0 saturated heterocycles. The van der Waals surface area contributed by atoms with Crippen LogP contribution in [0.25, 0.3) is 0 Å². The number of esters is 1. The zero-order valence-electron chi connectivity index (χ0n) is 8.51. The molecule has 4 nitrogen and oxygen atoms in total. The third-order valence-electron chi connectivity index (χ3n) is 2.11. The van der Waals surface area contributed by atoms with Crippen LogP contribution >= 0.6 is 0 Å². The van der Waals surface area contributed by atoms with E-state index in [-0.39, 0.29) is 18.1 Å². The Morgan fingerprint density at radius 1 is 1.25 bits per heavy atom. The third-order valence-corrected chi connectivity index (χ3v) is 2.11. The Balaban J connectivity index is 2.08. The van der Waals surface area contributed by atoms with Gasteiger partial charge in [0.2, 0.25) is 5.78 Å². The van der Waals surface area contributed by atoms with E-state index in [1.54, 1.807) is 30.3 Å². The quantitative estimate of drug-likeness (QED) is 0.702. The lowest BCUT2D eigenvalue weighted by Crippen LogP contribution is -2.21. The fourth-order valence-corrected chi connectivity index (χ4v) is 1.30. The number of hydrogen-bond acceptors (Lipinski definition) is 4. The number of benzene rings is 1. The number of carbonyl (C=O) groups is 2. The second-order valence-electron chi connectivity index (χ2n) is 3.26. The molecule has 16 heavy (non-hydrogen) atoms. The molecule has 0 radical (unpaired) electrons. The summed E-state index contributed by atoms with van der Waals surface area (Å²) in [6, 6.07) is 8.53. The standard InChI is InChI=1S/C12H10O4/c13-10-8-15-7-6-11(10)16-12(14)9-4-2-1-3-5-9/h1-6H,7-8H2. The summed E-state index contributed by atoms with van der Waals surface area (Å²) >= 11 is 0. The maximum Gasteiger partial charge on any atom is 0.343 e. The SMILES string of the molecule is O=C1COCC=C1OC(=O)c1ccccc1. The highest BCUT2D eigenvalue weighted by Crippen LogP contribution is 2.10. The van der Waals surface area contributed by atoms with Gasteiger partial charge in [-0.3, -0.25) is 4.79 Å². The molecule has 0 aromatic heterocycles. The van der Waals surface area contributed by atoms with Crippen molar-refractivity contribution in [2.24, 2.45) is 0 Å². The molecule has 0 aliphatic carbocycles. The lowest BCUT2D eigenvalue weighted by atomic mass is 10.2. The van der Waals surface area contributed by atoms with Gasteiger partial charge in [0.15, 0.2) is 5.76 Å². The third kappa shape index (κ3) is 2.35. The Labute approximate surface area is 92.5 Å². The Hall–Kier alpha value is -1.94. The molecule has 1 aliphatic heterocycles. The van der Waals surface area contributed by atoms with Gasteiger partial charge >= 0.3 is 5.97 Å². The predicted molar refractivity (Wildman–Crippen MR) is 55.8 cm³/mol. The molecule has 0 spiro atoms. The van der Waals surface area contributed by atoms with E-state index >= 15 is 0 Å². The van der Waals surface area contributed by atoms with Crippen LogP contribution in [-0.2, 0) is 14.3 Å². The van der Waals surface area contributed by atoms with E-state index in [1.807, 2.05) is 0 Å². The van der Waals surface area contributed by atoms with Crippen LogP contribution in [-0.4, -0.2) is 25.0 Å². The highest BCUT2D eigenvalue weighted by atomic mass is 16.5. The molecule has 1 aromatic rings. The van der Waals surface area contributed by atoms with E-state index in [0.29, 0.717) is 12.2 Å². The Kier molecular flexibility index (Phi) is 3.12. The fraction of sp³-hybridized carbons (Fsp3) is 0.167. The normalized spacial score (nSPS) is 15.5. The number of ketones is 1. The molecule has 0 amide bonds. The van der Waals surface area contributed by atoms with Crippen molar-refractivity contribution < 1.29 is 19.1 Å². The van der Waals surface area contributed by atoms with Crippen molar-refractivity contribution in [3.05, 3.63) is 47.7 Å². The Bertz CT molecular complexity index is 434. The molecule has 0 bridgehead atoms. The smallest absolute Gasteiger partial charge is 0.343 e. The van der Waals surface area contributed by atoms with Crippen LogP contribution < -0.4 is 0 Å². The molecule has 4 heteroatoms. The first kappa shape index (κ1) is 10.6. The van der Waals surface area contributed by atoms with Crippen LogP contribution in [0.2, 0.25) is 0 Å². The number of hydrogen-bond donors (Lipinski definition) is 0. The Morgan fingerprint density at radius 2 is 2.00 bits per heavy atom. The van der Waals surface area contributed by atoms with E-state index in [1.165, 1.54) is 6.08 Å². The van der Waals surface area contributed by atoms with Crippen LogP contribution in [0, 0.1) is 0 Å². The number of rotatable bonds is 2. The fourth-order valence-electron chi connectivity index (χ4n) is 1.30. The summed E-state index contributed by atoms with van der Waals surface area (Å²) in [6.45, 7) is 0.261. The Morgan fingerprint density at radius 3 is 2.69 bits per heavy atom. The maximum atomic E-state index is 11.6. The van der Waals surface area contributed by atoms with Crippen molar-refractivity contribution >= 4 is 11.8 Å². The van der Waals surface area contributed by atoms with Gasteiger partial charge in [0.05, 0.1) is 12.2 Å². The molecule has 2 rings (SSSR count). The van der Waals surface area contributed by atoms with E-state index < -0.39 is 5.97 Å². The van der Waals surface area contributed by atoms with E-state index in [4.69, 9.17) is 9.47 Å². The molecular formula is C12H10O4. The van der Waals surface area contributed by atoms with Crippen molar-refractivity contribution in [2.45, 2.75) is 0 Å². The lowest BCUT2D eigenvalue weighted by Gasteiger charge is -2.12. The van der Waals surface area contributed by atoms with Crippen molar-refractivity contribution in [1.82, 2.24) is 0 Å². The largest absolute Gasteiger partial charge is 0.419 e. The summed E-state index contributed by atoms with van der Waals surface area (Å²) < 4.78 is 9.86. The first-order valence-corrected chi connectivity index (χ1v) is 4.86. The summed E-state index contributed by atoms with van der Waals surface area (Å²) in [6.07, 6.45) is 1.46. The van der Waals surface area contributed by atoms with Crippen LogP contribution in [0.3, 0.4) is 0 Å². The summed E-state index contributed by atoms with van der Waals surface area (Å²) in [7, 11) is 0. The highest BCUT2D eigenvalue weighted by Gasteiger charge is 2.19. The number of ether oxygens (including phenoxy) is 2. The van der Waals surface area contributed by atoms with Gasteiger partial charge in [0, 0.05) is 0 Å². The van der Waals surface area contributed by atoms with Gasteiger partial charge in [-0.1, -0.05) is 18.2 Å². The molecule has 0 N–H and O–H groups in total. The summed E-state index contributed by atoms with van der Waals surface area (Å²) in [5, 5.41) is 0. The van der Waals surface area contributed by atoms with Crippen LogP contribution in [0.5, 0.6) is 0 Å². The van der Waals surface area contributed by atoms with Crippen molar-refractivity contribution in [1.29, 1.82) is 0 Å². The summed E-state index contributed by atoms with van der Waals surface area (Å²) in [5.41, 5.74) is 0.419.